The highest BCUT2D eigenvalue weighted by molar-refractivity contribution is 6.23. The number of rotatable bonds is 6. The second-order valence-electron chi connectivity index (χ2n) is 7.46. The van der Waals surface area contributed by atoms with E-state index in [-0.39, 0.29) is 36.8 Å². The standard InChI is InChI=1S/C23H24N2O4/c26-21-15-20(23(28)25(21)18-9-3-1-4-10-18)24(17-11-7-8-12-17)22(27)16-29-19-13-5-2-6-14-19/h1-6,9-10,13-14,17,20H,7-8,11-12,15-16H2. The molecule has 0 bridgehead atoms. The highest BCUT2D eigenvalue weighted by atomic mass is 16.5. The lowest BCUT2D eigenvalue weighted by atomic mass is 10.1. The number of anilines is 1. The zero-order valence-corrected chi connectivity index (χ0v) is 16.2. The van der Waals surface area contributed by atoms with Crippen molar-refractivity contribution in [1.29, 1.82) is 0 Å². The molecule has 1 unspecified atom stereocenters. The molecule has 1 aliphatic heterocycles. The maximum Gasteiger partial charge on any atom is 0.261 e. The van der Waals surface area contributed by atoms with E-state index >= 15 is 0 Å². The van der Waals surface area contributed by atoms with Gasteiger partial charge in [0.1, 0.15) is 11.8 Å². The largest absolute Gasteiger partial charge is 0.484 e. The second kappa shape index (κ2) is 8.47. The first-order valence-electron chi connectivity index (χ1n) is 10.1. The topological polar surface area (TPSA) is 66.9 Å². The van der Waals surface area contributed by atoms with Crippen LogP contribution in [-0.2, 0) is 14.4 Å². The molecule has 29 heavy (non-hydrogen) atoms. The van der Waals surface area contributed by atoms with E-state index in [4.69, 9.17) is 4.74 Å². The Morgan fingerprint density at radius 1 is 0.966 bits per heavy atom. The Balaban J connectivity index is 1.54. The lowest BCUT2D eigenvalue weighted by Crippen LogP contribution is -2.51. The van der Waals surface area contributed by atoms with E-state index in [1.54, 1.807) is 41.3 Å². The minimum absolute atomic E-state index is 0.0152. The van der Waals surface area contributed by atoms with Gasteiger partial charge < -0.3 is 9.64 Å². The van der Waals surface area contributed by atoms with Crippen molar-refractivity contribution in [3.8, 4) is 5.75 Å². The van der Waals surface area contributed by atoms with E-state index in [0.29, 0.717) is 11.4 Å². The number of para-hydroxylation sites is 2. The van der Waals surface area contributed by atoms with Gasteiger partial charge in [0.2, 0.25) is 5.91 Å². The predicted octanol–water partition coefficient (Wildman–Crippen LogP) is 3.17. The summed E-state index contributed by atoms with van der Waals surface area (Å²) in [6.07, 6.45) is 3.75. The second-order valence-corrected chi connectivity index (χ2v) is 7.46. The van der Waals surface area contributed by atoms with Crippen molar-refractivity contribution in [1.82, 2.24) is 4.90 Å². The smallest absolute Gasteiger partial charge is 0.261 e. The molecular formula is C23H24N2O4. The van der Waals surface area contributed by atoms with Crippen LogP contribution < -0.4 is 9.64 Å². The summed E-state index contributed by atoms with van der Waals surface area (Å²) in [6, 6.07) is 17.2. The molecule has 1 saturated heterocycles. The van der Waals surface area contributed by atoms with E-state index < -0.39 is 6.04 Å². The molecule has 0 spiro atoms. The first kappa shape index (κ1) is 19.2. The van der Waals surface area contributed by atoms with E-state index in [0.717, 1.165) is 25.7 Å². The van der Waals surface area contributed by atoms with Crippen LogP contribution in [0.5, 0.6) is 5.75 Å². The average molecular weight is 392 g/mol. The highest BCUT2D eigenvalue weighted by Crippen LogP contribution is 2.31. The Morgan fingerprint density at radius 3 is 2.24 bits per heavy atom. The van der Waals surface area contributed by atoms with Gasteiger partial charge in [-0.3, -0.25) is 14.4 Å². The summed E-state index contributed by atoms with van der Waals surface area (Å²) in [7, 11) is 0. The lowest BCUT2D eigenvalue weighted by Gasteiger charge is -2.33. The number of imide groups is 1. The maximum atomic E-state index is 13.2. The quantitative estimate of drug-likeness (QED) is 0.708. The SMILES string of the molecule is O=C1CC(N(C(=O)COc2ccccc2)C2CCCC2)C(=O)N1c1ccccc1. The third-order valence-corrected chi connectivity index (χ3v) is 5.58. The van der Waals surface area contributed by atoms with Gasteiger partial charge in [0, 0.05) is 6.04 Å². The fourth-order valence-corrected chi connectivity index (χ4v) is 4.23. The lowest BCUT2D eigenvalue weighted by molar-refractivity contribution is -0.142. The first-order chi connectivity index (χ1) is 14.1. The number of carbonyl (C=O) groups is 3. The number of benzene rings is 2. The summed E-state index contributed by atoms with van der Waals surface area (Å²) in [5, 5.41) is 0. The summed E-state index contributed by atoms with van der Waals surface area (Å²) in [6.45, 7) is -0.149. The molecule has 6 nitrogen and oxygen atoms in total. The molecule has 1 saturated carbocycles. The Bertz CT molecular complexity index is 878. The molecule has 0 radical (unpaired) electrons. The summed E-state index contributed by atoms with van der Waals surface area (Å²) < 4.78 is 5.64. The van der Waals surface area contributed by atoms with Crippen LogP contribution in [0.2, 0.25) is 0 Å². The molecule has 0 N–H and O–H groups in total. The first-order valence-corrected chi connectivity index (χ1v) is 10.1. The van der Waals surface area contributed by atoms with Gasteiger partial charge in [0.15, 0.2) is 6.61 Å². The molecule has 150 valence electrons. The predicted molar refractivity (Wildman–Crippen MR) is 108 cm³/mol. The number of hydrogen-bond acceptors (Lipinski definition) is 4. The van der Waals surface area contributed by atoms with E-state index in [9.17, 15) is 14.4 Å². The van der Waals surface area contributed by atoms with Gasteiger partial charge in [-0.05, 0) is 37.1 Å². The molecule has 4 rings (SSSR count). The minimum atomic E-state index is -0.766. The van der Waals surface area contributed by atoms with Crippen molar-refractivity contribution < 1.29 is 19.1 Å². The Labute approximate surface area is 170 Å². The maximum absolute atomic E-state index is 13.2. The van der Waals surface area contributed by atoms with Gasteiger partial charge in [-0.2, -0.15) is 0 Å². The summed E-state index contributed by atoms with van der Waals surface area (Å²) in [5.41, 5.74) is 0.546. The third-order valence-electron chi connectivity index (χ3n) is 5.58. The van der Waals surface area contributed by atoms with Crippen molar-refractivity contribution in [3.05, 3.63) is 60.7 Å². The molecule has 3 amide bonds. The number of ether oxygens (including phenoxy) is 1. The van der Waals surface area contributed by atoms with Crippen molar-refractivity contribution in [2.75, 3.05) is 11.5 Å². The summed E-state index contributed by atoms with van der Waals surface area (Å²) in [5.74, 6) is -0.249. The zero-order valence-electron chi connectivity index (χ0n) is 16.2. The molecule has 1 heterocycles. The molecule has 1 atom stereocenters. The number of carbonyl (C=O) groups excluding carboxylic acids is 3. The molecule has 6 heteroatoms. The number of amides is 3. The van der Waals surface area contributed by atoms with Crippen LogP contribution in [0.15, 0.2) is 60.7 Å². The van der Waals surface area contributed by atoms with Crippen molar-refractivity contribution in [2.24, 2.45) is 0 Å². The van der Waals surface area contributed by atoms with Crippen molar-refractivity contribution in [2.45, 2.75) is 44.2 Å². The molecule has 2 aromatic rings. The van der Waals surface area contributed by atoms with Gasteiger partial charge in [-0.25, -0.2) is 4.90 Å². The van der Waals surface area contributed by atoms with Crippen LogP contribution in [0.1, 0.15) is 32.1 Å². The minimum Gasteiger partial charge on any atom is -0.484 e. The van der Waals surface area contributed by atoms with E-state index in [2.05, 4.69) is 0 Å². The van der Waals surface area contributed by atoms with Gasteiger partial charge in [-0.1, -0.05) is 49.2 Å². The van der Waals surface area contributed by atoms with Gasteiger partial charge in [0.25, 0.3) is 11.8 Å². The van der Waals surface area contributed by atoms with E-state index in [1.165, 1.54) is 4.90 Å². The Morgan fingerprint density at radius 2 is 1.59 bits per heavy atom. The zero-order chi connectivity index (χ0) is 20.2. The number of hydrogen-bond donors (Lipinski definition) is 0. The van der Waals surface area contributed by atoms with E-state index in [1.807, 2.05) is 24.3 Å². The molecular weight excluding hydrogens is 368 g/mol. The van der Waals surface area contributed by atoms with Gasteiger partial charge in [-0.15, -0.1) is 0 Å². The van der Waals surface area contributed by atoms with Crippen molar-refractivity contribution in [3.63, 3.8) is 0 Å². The van der Waals surface area contributed by atoms with Crippen LogP contribution in [-0.4, -0.2) is 41.3 Å². The van der Waals surface area contributed by atoms with Crippen LogP contribution >= 0.6 is 0 Å². The van der Waals surface area contributed by atoms with Gasteiger partial charge in [0.05, 0.1) is 12.1 Å². The summed E-state index contributed by atoms with van der Waals surface area (Å²) in [4.78, 5) is 41.8. The molecule has 1 aliphatic carbocycles. The normalized spacial score (nSPS) is 19.6. The van der Waals surface area contributed by atoms with Gasteiger partial charge >= 0.3 is 0 Å². The van der Waals surface area contributed by atoms with Crippen molar-refractivity contribution >= 4 is 23.4 Å². The van der Waals surface area contributed by atoms with Crippen LogP contribution in [0.3, 0.4) is 0 Å². The third kappa shape index (κ3) is 4.01. The van der Waals surface area contributed by atoms with Crippen LogP contribution in [0.4, 0.5) is 5.69 Å². The Kier molecular flexibility index (Phi) is 5.60. The average Bonchev–Trinajstić information content (AvgIpc) is 3.37. The summed E-state index contributed by atoms with van der Waals surface area (Å²) >= 11 is 0. The van der Waals surface area contributed by atoms with Crippen LogP contribution in [0.25, 0.3) is 0 Å². The Hall–Kier alpha value is -3.15. The monoisotopic (exact) mass is 392 g/mol. The molecule has 2 fully saturated rings. The molecule has 0 aromatic heterocycles. The molecule has 2 aliphatic rings. The fraction of sp³-hybridized carbons (Fsp3) is 0.348. The van der Waals surface area contributed by atoms with Crippen LogP contribution in [0, 0.1) is 0 Å². The fourth-order valence-electron chi connectivity index (χ4n) is 4.23. The number of nitrogens with zero attached hydrogens (tertiary/aromatic N) is 2. The highest BCUT2D eigenvalue weighted by Gasteiger charge is 2.46. The molecule has 2 aromatic carbocycles.